The van der Waals surface area contributed by atoms with Gasteiger partial charge in [-0.1, -0.05) is 35.0 Å². The van der Waals surface area contributed by atoms with Gasteiger partial charge < -0.3 is 4.90 Å². The summed E-state index contributed by atoms with van der Waals surface area (Å²) >= 11 is 13.2. The number of hydrogen-bond donors (Lipinski definition) is 0. The zero-order valence-corrected chi connectivity index (χ0v) is 11.1. The number of rotatable bonds is 2. The topological polar surface area (TPSA) is 52.3 Å². The monoisotopic (exact) mass is 286 g/mol. The summed E-state index contributed by atoms with van der Waals surface area (Å²) < 4.78 is 0. The molecule has 1 fully saturated rings. The standard InChI is InChI=1S/C10H8Cl2N4S/c11-8-3-7(4-14-9(8)12)5-16-1-2-17-10(16)15-6-13/h3-4H,1-2,5H2. The second-order valence-corrected chi connectivity index (χ2v) is 5.21. The minimum atomic E-state index is 0.303. The van der Waals surface area contributed by atoms with Crippen molar-refractivity contribution in [1.29, 1.82) is 5.26 Å². The van der Waals surface area contributed by atoms with Crippen LogP contribution in [0.2, 0.25) is 10.2 Å². The molecule has 1 saturated heterocycles. The number of nitriles is 1. The van der Waals surface area contributed by atoms with Crippen LogP contribution in [-0.2, 0) is 6.54 Å². The van der Waals surface area contributed by atoms with Gasteiger partial charge in [0.05, 0.1) is 5.02 Å². The van der Waals surface area contributed by atoms with Crippen LogP contribution in [0.1, 0.15) is 5.56 Å². The highest BCUT2D eigenvalue weighted by Gasteiger charge is 2.19. The second-order valence-electron chi connectivity index (χ2n) is 3.38. The van der Waals surface area contributed by atoms with Crippen LogP contribution < -0.4 is 0 Å². The molecule has 2 rings (SSSR count). The molecule has 4 nitrogen and oxygen atoms in total. The van der Waals surface area contributed by atoms with Gasteiger partial charge in [0.15, 0.2) is 5.17 Å². The summed E-state index contributed by atoms with van der Waals surface area (Å²) in [4.78, 5) is 9.78. The van der Waals surface area contributed by atoms with Crippen LogP contribution in [0.4, 0.5) is 0 Å². The molecule has 2 heterocycles. The van der Waals surface area contributed by atoms with Crippen molar-refractivity contribution >= 4 is 40.1 Å². The molecule has 0 aliphatic carbocycles. The van der Waals surface area contributed by atoms with Crippen LogP contribution in [0.5, 0.6) is 0 Å². The zero-order chi connectivity index (χ0) is 12.3. The lowest BCUT2D eigenvalue weighted by Gasteiger charge is -2.16. The summed E-state index contributed by atoms with van der Waals surface area (Å²) in [6.45, 7) is 1.50. The van der Waals surface area contributed by atoms with Crippen LogP contribution in [0.25, 0.3) is 0 Å². The van der Waals surface area contributed by atoms with Crippen molar-refractivity contribution in [2.75, 3.05) is 12.3 Å². The molecule has 0 saturated carbocycles. The lowest BCUT2D eigenvalue weighted by Crippen LogP contribution is -2.23. The first-order valence-electron chi connectivity index (χ1n) is 4.85. The summed E-state index contributed by atoms with van der Waals surface area (Å²) in [5.74, 6) is 0.940. The van der Waals surface area contributed by atoms with Gasteiger partial charge in [0.2, 0.25) is 6.19 Å². The highest BCUT2D eigenvalue weighted by Crippen LogP contribution is 2.23. The van der Waals surface area contributed by atoms with Crippen molar-refractivity contribution in [3.8, 4) is 6.19 Å². The maximum atomic E-state index is 8.56. The number of thioether (sulfide) groups is 1. The maximum Gasteiger partial charge on any atom is 0.208 e. The molecule has 1 aromatic heterocycles. The Hall–Kier alpha value is -0.960. The summed E-state index contributed by atoms with van der Waals surface area (Å²) in [5.41, 5.74) is 0.951. The fraction of sp³-hybridized carbons (Fsp3) is 0.300. The minimum absolute atomic E-state index is 0.303. The Bertz CT molecular complexity index is 498. The first-order valence-corrected chi connectivity index (χ1v) is 6.59. The van der Waals surface area contributed by atoms with Gasteiger partial charge in [-0.05, 0) is 11.6 Å². The minimum Gasteiger partial charge on any atom is -0.345 e. The van der Waals surface area contributed by atoms with Crippen LogP contribution in [0.3, 0.4) is 0 Å². The molecule has 17 heavy (non-hydrogen) atoms. The van der Waals surface area contributed by atoms with Crippen molar-refractivity contribution in [3.63, 3.8) is 0 Å². The number of aliphatic imine (C=N–C) groups is 1. The molecule has 1 aliphatic rings. The SMILES string of the molecule is N#CN=C1SCCN1Cc1cnc(Cl)c(Cl)c1. The van der Waals surface area contributed by atoms with E-state index in [-0.39, 0.29) is 0 Å². The number of aromatic nitrogens is 1. The molecule has 0 N–H and O–H groups in total. The van der Waals surface area contributed by atoms with Gasteiger partial charge >= 0.3 is 0 Å². The Morgan fingerprint density at radius 3 is 3.12 bits per heavy atom. The normalized spacial score (nSPS) is 17.5. The third-order valence-electron chi connectivity index (χ3n) is 2.23. The zero-order valence-electron chi connectivity index (χ0n) is 8.73. The molecule has 0 aromatic carbocycles. The van der Waals surface area contributed by atoms with Gasteiger partial charge in [-0.3, -0.25) is 0 Å². The highest BCUT2D eigenvalue weighted by molar-refractivity contribution is 8.14. The molecule has 0 bridgehead atoms. The van der Waals surface area contributed by atoms with Crippen molar-refractivity contribution in [3.05, 3.63) is 28.0 Å². The molecule has 7 heteroatoms. The van der Waals surface area contributed by atoms with E-state index in [1.807, 2.05) is 11.1 Å². The summed E-state index contributed by atoms with van der Waals surface area (Å²) in [5, 5.41) is 10.1. The van der Waals surface area contributed by atoms with Gasteiger partial charge in [0.1, 0.15) is 5.15 Å². The van der Waals surface area contributed by atoms with Crippen LogP contribution in [0, 0.1) is 11.5 Å². The molecule has 0 atom stereocenters. The smallest absolute Gasteiger partial charge is 0.208 e. The largest absolute Gasteiger partial charge is 0.345 e. The van der Waals surface area contributed by atoms with Crippen LogP contribution >= 0.6 is 35.0 Å². The molecule has 1 aliphatic heterocycles. The van der Waals surface area contributed by atoms with E-state index < -0.39 is 0 Å². The molecule has 1 aromatic rings. The number of hydrogen-bond acceptors (Lipinski definition) is 4. The predicted molar refractivity (Wildman–Crippen MR) is 70.2 cm³/mol. The lowest BCUT2D eigenvalue weighted by atomic mass is 10.3. The van der Waals surface area contributed by atoms with E-state index in [2.05, 4.69) is 9.98 Å². The average Bonchev–Trinajstić information content (AvgIpc) is 2.72. The Balaban J connectivity index is 2.13. The van der Waals surface area contributed by atoms with Gasteiger partial charge in [-0.25, -0.2) is 4.98 Å². The number of amidine groups is 1. The van der Waals surface area contributed by atoms with Crippen molar-refractivity contribution < 1.29 is 0 Å². The van der Waals surface area contributed by atoms with Gasteiger partial charge in [0, 0.05) is 25.0 Å². The van der Waals surface area contributed by atoms with Crippen LogP contribution in [0.15, 0.2) is 17.3 Å². The fourth-order valence-corrected chi connectivity index (χ4v) is 2.72. The molecule has 0 amide bonds. The number of pyridine rings is 1. The van der Waals surface area contributed by atoms with E-state index in [0.29, 0.717) is 16.7 Å². The molecule has 0 unspecified atom stereocenters. The average molecular weight is 287 g/mol. The first kappa shape index (κ1) is 12.5. The lowest BCUT2D eigenvalue weighted by molar-refractivity contribution is 0.456. The van der Waals surface area contributed by atoms with E-state index in [1.54, 1.807) is 24.0 Å². The van der Waals surface area contributed by atoms with E-state index in [0.717, 1.165) is 23.0 Å². The molecular formula is C10H8Cl2N4S. The third-order valence-corrected chi connectivity index (χ3v) is 3.92. The van der Waals surface area contributed by atoms with Crippen molar-refractivity contribution in [1.82, 2.24) is 9.88 Å². The fourth-order valence-electron chi connectivity index (χ4n) is 1.49. The predicted octanol–water partition coefficient (Wildman–Crippen LogP) is 2.77. The van der Waals surface area contributed by atoms with E-state index in [4.69, 9.17) is 28.5 Å². The van der Waals surface area contributed by atoms with Gasteiger partial charge in [-0.2, -0.15) is 5.26 Å². The van der Waals surface area contributed by atoms with E-state index >= 15 is 0 Å². The van der Waals surface area contributed by atoms with Gasteiger partial charge in [-0.15, -0.1) is 4.99 Å². The number of halogens is 2. The maximum absolute atomic E-state index is 8.56. The second kappa shape index (κ2) is 5.58. The van der Waals surface area contributed by atoms with Crippen molar-refractivity contribution in [2.45, 2.75) is 6.54 Å². The number of nitrogens with zero attached hydrogens (tertiary/aromatic N) is 4. The Kier molecular flexibility index (Phi) is 4.11. The summed E-state index contributed by atoms with van der Waals surface area (Å²) in [6, 6.07) is 1.78. The quantitative estimate of drug-likeness (QED) is 0.620. The molecule has 0 radical (unpaired) electrons. The molecular weight excluding hydrogens is 279 g/mol. The Labute approximate surface area is 113 Å². The summed E-state index contributed by atoms with van der Waals surface area (Å²) in [6.07, 6.45) is 3.49. The Morgan fingerprint density at radius 2 is 2.41 bits per heavy atom. The summed E-state index contributed by atoms with van der Waals surface area (Å²) in [7, 11) is 0. The van der Waals surface area contributed by atoms with Crippen LogP contribution in [-0.4, -0.2) is 27.3 Å². The molecule has 0 spiro atoms. The molecule has 88 valence electrons. The van der Waals surface area contributed by atoms with E-state index in [9.17, 15) is 0 Å². The van der Waals surface area contributed by atoms with E-state index in [1.165, 1.54) is 0 Å². The van der Waals surface area contributed by atoms with Gasteiger partial charge in [0.25, 0.3) is 0 Å². The first-order chi connectivity index (χ1) is 8.20. The highest BCUT2D eigenvalue weighted by atomic mass is 35.5. The van der Waals surface area contributed by atoms with Crippen molar-refractivity contribution in [2.24, 2.45) is 4.99 Å². The Morgan fingerprint density at radius 1 is 1.59 bits per heavy atom. The third kappa shape index (κ3) is 3.03.